The molecule has 2 aliphatic rings. The van der Waals surface area contributed by atoms with Crippen molar-refractivity contribution >= 4 is 22.9 Å². The second-order valence-electron chi connectivity index (χ2n) is 8.63. The summed E-state index contributed by atoms with van der Waals surface area (Å²) < 4.78 is 0. The van der Waals surface area contributed by atoms with Gasteiger partial charge >= 0.3 is 0 Å². The highest BCUT2D eigenvalue weighted by molar-refractivity contribution is 7.10. The fourth-order valence-corrected chi connectivity index (χ4v) is 5.32. The predicted molar refractivity (Wildman–Crippen MR) is 114 cm³/mol. The molecule has 2 aromatic heterocycles. The van der Waals surface area contributed by atoms with E-state index in [0.29, 0.717) is 6.42 Å². The number of carbonyl (C=O) groups is 1. The van der Waals surface area contributed by atoms with Gasteiger partial charge in [0.2, 0.25) is 0 Å². The Kier molecular flexibility index (Phi) is 3.85. The molecular weight excluding hydrogens is 366 g/mol. The minimum Gasteiger partial charge on any atom is -0.342 e. The molecule has 0 fully saturated rings. The number of H-pyrrole nitrogens is 1. The van der Waals surface area contributed by atoms with E-state index in [0.717, 1.165) is 40.3 Å². The number of allylic oxidation sites excluding steroid dienone is 2. The van der Waals surface area contributed by atoms with Crippen LogP contribution in [0.2, 0.25) is 0 Å². The van der Waals surface area contributed by atoms with Crippen molar-refractivity contribution in [1.29, 1.82) is 0 Å². The van der Waals surface area contributed by atoms with Gasteiger partial charge in [-0.2, -0.15) is 5.10 Å². The molecule has 5 heteroatoms. The highest BCUT2D eigenvalue weighted by atomic mass is 32.1. The van der Waals surface area contributed by atoms with Gasteiger partial charge in [0, 0.05) is 28.1 Å². The Morgan fingerprint density at radius 1 is 1.14 bits per heavy atom. The minimum atomic E-state index is -0.0649. The van der Waals surface area contributed by atoms with Crippen LogP contribution in [0.3, 0.4) is 0 Å². The number of thiophene rings is 1. The molecule has 1 aliphatic carbocycles. The van der Waals surface area contributed by atoms with Gasteiger partial charge in [-0.05, 0) is 35.8 Å². The summed E-state index contributed by atoms with van der Waals surface area (Å²) in [7, 11) is 0. The third-order valence-corrected chi connectivity index (χ3v) is 6.68. The molecule has 1 aromatic carbocycles. The van der Waals surface area contributed by atoms with Crippen molar-refractivity contribution in [2.75, 3.05) is 5.32 Å². The lowest BCUT2D eigenvalue weighted by Crippen LogP contribution is -2.33. The minimum absolute atomic E-state index is 0.0312. The number of hydrogen-bond donors (Lipinski definition) is 2. The molecule has 3 heterocycles. The van der Waals surface area contributed by atoms with Crippen LogP contribution in [-0.2, 0) is 4.79 Å². The fourth-order valence-electron chi connectivity index (χ4n) is 4.48. The Hall–Kier alpha value is -2.66. The zero-order valence-corrected chi connectivity index (χ0v) is 17.1. The molecule has 1 atom stereocenters. The van der Waals surface area contributed by atoms with Crippen molar-refractivity contribution in [2.24, 2.45) is 5.41 Å². The van der Waals surface area contributed by atoms with Crippen molar-refractivity contribution in [3.63, 3.8) is 0 Å². The first kappa shape index (κ1) is 17.4. The van der Waals surface area contributed by atoms with Gasteiger partial charge < -0.3 is 5.32 Å². The molecule has 5 rings (SSSR count). The third kappa shape index (κ3) is 2.73. The number of carbonyl (C=O) groups excluding carboxylic acids is 1. The number of benzene rings is 1. The number of aryl methyl sites for hydroxylation is 1. The Morgan fingerprint density at radius 2 is 1.93 bits per heavy atom. The van der Waals surface area contributed by atoms with E-state index in [2.05, 4.69) is 78.1 Å². The molecular formula is C23H23N3OS. The summed E-state index contributed by atoms with van der Waals surface area (Å²) in [6.45, 7) is 6.41. The smallest absolute Gasteiger partial charge is 0.162 e. The molecule has 3 aromatic rings. The third-order valence-electron chi connectivity index (χ3n) is 5.74. The van der Waals surface area contributed by atoms with Gasteiger partial charge in [0.1, 0.15) is 0 Å². The maximum atomic E-state index is 13.3. The molecule has 0 saturated heterocycles. The van der Waals surface area contributed by atoms with Gasteiger partial charge in [0.15, 0.2) is 11.6 Å². The van der Waals surface area contributed by atoms with E-state index in [1.807, 2.05) is 0 Å². The summed E-state index contributed by atoms with van der Waals surface area (Å²) in [6.07, 6.45) is 1.45. The van der Waals surface area contributed by atoms with Crippen molar-refractivity contribution < 1.29 is 4.79 Å². The lowest BCUT2D eigenvalue weighted by atomic mass is 9.70. The lowest BCUT2D eigenvalue weighted by Gasteiger charge is -2.37. The monoisotopic (exact) mass is 389 g/mol. The molecule has 1 aliphatic heterocycles. The molecule has 0 bridgehead atoms. The Morgan fingerprint density at radius 3 is 2.64 bits per heavy atom. The van der Waals surface area contributed by atoms with Gasteiger partial charge in [0.25, 0.3) is 0 Å². The van der Waals surface area contributed by atoms with Gasteiger partial charge in [-0.1, -0.05) is 49.7 Å². The molecule has 2 N–H and O–H groups in total. The van der Waals surface area contributed by atoms with Crippen LogP contribution in [0.1, 0.15) is 48.6 Å². The zero-order chi connectivity index (χ0) is 19.5. The van der Waals surface area contributed by atoms with Crippen LogP contribution in [0.15, 0.2) is 53.0 Å². The first-order valence-electron chi connectivity index (χ1n) is 9.65. The maximum Gasteiger partial charge on any atom is 0.162 e. The highest BCUT2D eigenvalue weighted by Gasteiger charge is 2.43. The van der Waals surface area contributed by atoms with Gasteiger partial charge in [-0.3, -0.25) is 9.89 Å². The maximum absolute atomic E-state index is 13.3. The van der Waals surface area contributed by atoms with Crippen LogP contribution >= 0.6 is 11.3 Å². The van der Waals surface area contributed by atoms with Crippen molar-refractivity contribution in [3.05, 3.63) is 69.1 Å². The van der Waals surface area contributed by atoms with E-state index in [-0.39, 0.29) is 17.1 Å². The lowest BCUT2D eigenvalue weighted by molar-refractivity contribution is -0.118. The Bertz CT molecular complexity index is 1090. The Balaban J connectivity index is 1.72. The number of nitrogens with one attached hydrogen (secondary N) is 2. The Labute approximate surface area is 168 Å². The number of anilines is 1. The summed E-state index contributed by atoms with van der Waals surface area (Å²) >= 11 is 1.70. The van der Waals surface area contributed by atoms with Crippen LogP contribution in [0.5, 0.6) is 0 Å². The standard InChI is InChI=1S/C23H23N3OS/c1-13-6-8-14(9-7-13)21-20-19(17-5-4-10-28-17)18-15(24-22(20)26-25-21)11-23(2,3)12-16(18)27/h4-10,19H,11-12H2,1-3H3,(H2,24,25,26). The number of ketones is 1. The van der Waals surface area contributed by atoms with Crippen LogP contribution in [0.25, 0.3) is 11.3 Å². The molecule has 0 spiro atoms. The molecule has 0 radical (unpaired) electrons. The van der Waals surface area contributed by atoms with Crippen molar-refractivity contribution in [3.8, 4) is 11.3 Å². The van der Waals surface area contributed by atoms with Crippen LogP contribution < -0.4 is 5.32 Å². The van der Waals surface area contributed by atoms with E-state index in [1.54, 1.807) is 11.3 Å². The van der Waals surface area contributed by atoms with E-state index in [1.165, 1.54) is 10.4 Å². The average Bonchev–Trinajstić information content (AvgIpc) is 3.29. The summed E-state index contributed by atoms with van der Waals surface area (Å²) in [5, 5.41) is 13.4. The number of hydrogen-bond acceptors (Lipinski definition) is 4. The number of fused-ring (bicyclic) bond motifs is 1. The molecule has 142 valence electrons. The predicted octanol–water partition coefficient (Wildman–Crippen LogP) is 5.65. The van der Waals surface area contributed by atoms with E-state index in [4.69, 9.17) is 0 Å². The summed E-state index contributed by atoms with van der Waals surface area (Å²) in [6, 6.07) is 12.6. The normalized spacial score (nSPS) is 20.5. The van der Waals surface area contributed by atoms with Gasteiger partial charge in [-0.15, -0.1) is 11.3 Å². The van der Waals surface area contributed by atoms with Crippen LogP contribution in [-0.4, -0.2) is 16.0 Å². The van der Waals surface area contributed by atoms with Gasteiger partial charge in [0.05, 0.1) is 11.6 Å². The van der Waals surface area contributed by atoms with E-state index in [9.17, 15) is 4.79 Å². The largest absolute Gasteiger partial charge is 0.342 e. The second kappa shape index (κ2) is 6.17. The van der Waals surface area contributed by atoms with Gasteiger partial charge in [-0.25, -0.2) is 0 Å². The fraction of sp³-hybridized carbons (Fsp3) is 0.304. The molecule has 1 unspecified atom stereocenters. The second-order valence-corrected chi connectivity index (χ2v) is 9.61. The first-order valence-corrected chi connectivity index (χ1v) is 10.5. The number of Topliss-reactive ketones (excluding diaryl/α,β-unsaturated/α-hetero) is 1. The first-order chi connectivity index (χ1) is 13.4. The zero-order valence-electron chi connectivity index (χ0n) is 16.3. The van der Waals surface area contributed by atoms with E-state index < -0.39 is 0 Å². The highest BCUT2D eigenvalue weighted by Crippen LogP contribution is 2.51. The molecule has 0 saturated carbocycles. The van der Waals surface area contributed by atoms with Crippen LogP contribution in [0.4, 0.5) is 5.82 Å². The topological polar surface area (TPSA) is 57.8 Å². The summed E-state index contributed by atoms with van der Waals surface area (Å²) in [5.41, 5.74) is 6.31. The number of aromatic amines is 1. The van der Waals surface area contributed by atoms with Crippen molar-refractivity contribution in [2.45, 2.75) is 39.5 Å². The average molecular weight is 390 g/mol. The van der Waals surface area contributed by atoms with Crippen LogP contribution in [0, 0.1) is 12.3 Å². The quantitative estimate of drug-likeness (QED) is 0.596. The van der Waals surface area contributed by atoms with E-state index >= 15 is 0 Å². The molecule has 0 amide bonds. The summed E-state index contributed by atoms with van der Waals surface area (Å²) in [4.78, 5) is 14.4. The molecule has 4 nitrogen and oxygen atoms in total. The summed E-state index contributed by atoms with van der Waals surface area (Å²) in [5.74, 6) is 1.03. The van der Waals surface area contributed by atoms with Crippen molar-refractivity contribution in [1.82, 2.24) is 10.2 Å². The number of rotatable bonds is 2. The number of nitrogens with zero attached hydrogens (tertiary/aromatic N) is 1. The number of aromatic nitrogens is 2. The molecule has 28 heavy (non-hydrogen) atoms. The SMILES string of the molecule is Cc1ccc(-c2[nH]nc3c2C(c2cccs2)C2=C(CC(C)(C)CC2=O)N3)cc1.